The minimum Gasteiger partial charge on any atom is -0.335 e. The van der Waals surface area contributed by atoms with E-state index in [4.69, 9.17) is 0 Å². The molecule has 4 heteroatoms. The van der Waals surface area contributed by atoms with Crippen molar-refractivity contribution in [1.29, 1.82) is 0 Å². The van der Waals surface area contributed by atoms with Crippen LogP contribution in [0, 0.1) is 13.8 Å². The topological polar surface area (TPSA) is 41.1 Å². The second kappa shape index (κ2) is 6.23. The molecule has 0 saturated heterocycles. The summed E-state index contributed by atoms with van der Waals surface area (Å²) in [5.41, 5.74) is 1.31. The Morgan fingerprint density at radius 2 is 2.06 bits per heavy atom. The molecule has 0 atom stereocenters. The Hall–Kier alpha value is -1.03. The standard InChI is InChI=1S/C14H22N2OS/c1-10-8-13(18-11(10)2)9-15-14(17)16-12-6-4-3-5-7-12/h8,12H,3-7,9H2,1-2H3,(H2,15,16,17). The summed E-state index contributed by atoms with van der Waals surface area (Å²) in [5.74, 6) is 0. The summed E-state index contributed by atoms with van der Waals surface area (Å²) in [6.45, 7) is 4.86. The zero-order valence-corrected chi connectivity index (χ0v) is 12.0. The first-order valence-corrected chi connectivity index (χ1v) is 7.57. The fraction of sp³-hybridized carbons (Fsp3) is 0.643. The lowest BCUT2D eigenvalue weighted by atomic mass is 9.96. The van der Waals surface area contributed by atoms with E-state index >= 15 is 0 Å². The molecule has 1 aromatic heterocycles. The molecule has 1 aromatic rings. The van der Waals surface area contributed by atoms with Gasteiger partial charge < -0.3 is 10.6 Å². The highest BCUT2D eigenvalue weighted by Crippen LogP contribution is 2.20. The van der Waals surface area contributed by atoms with E-state index in [0.29, 0.717) is 12.6 Å². The Kier molecular flexibility index (Phi) is 4.64. The summed E-state index contributed by atoms with van der Waals surface area (Å²) in [7, 11) is 0. The number of thiophene rings is 1. The molecule has 1 aliphatic carbocycles. The third kappa shape index (κ3) is 3.73. The molecule has 2 rings (SSSR count). The van der Waals surface area contributed by atoms with Gasteiger partial charge in [0.1, 0.15) is 0 Å². The number of aryl methyl sites for hydroxylation is 2. The van der Waals surface area contributed by atoms with Crippen LogP contribution >= 0.6 is 11.3 Å². The van der Waals surface area contributed by atoms with Crippen molar-refractivity contribution in [1.82, 2.24) is 10.6 Å². The molecule has 0 bridgehead atoms. The van der Waals surface area contributed by atoms with Crippen molar-refractivity contribution in [3.05, 3.63) is 21.4 Å². The molecule has 1 saturated carbocycles. The van der Waals surface area contributed by atoms with Crippen LogP contribution < -0.4 is 10.6 Å². The fourth-order valence-corrected chi connectivity index (χ4v) is 3.38. The second-order valence-electron chi connectivity index (χ2n) is 5.11. The number of amides is 2. The first-order chi connectivity index (χ1) is 8.65. The second-order valence-corrected chi connectivity index (χ2v) is 6.45. The quantitative estimate of drug-likeness (QED) is 0.864. The van der Waals surface area contributed by atoms with E-state index in [1.807, 2.05) is 0 Å². The van der Waals surface area contributed by atoms with Gasteiger partial charge in [0.2, 0.25) is 0 Å². The van der Waals surface area contributed by atoms with E-state index in [1.165, 1.54) is 34.6 Å². The van der Waals surface area contributed by atoms with E-state index < -0.39 is 0 Å². The molecule has 18 heavy (non-hydrogen) atoms. The summed E-state index contributed by atoms with van der Waals surface area (Å²) < 4.78 is 0. The van der Waals surface area contributed by atoms with Crippen LogP contribution in [0.15, 0.2) is 6.07 Å². The minimum absolute atomic E-state index is 0.0226. The van der Waals surface area contributed by atoms with Crippen LogP contribution in [-0.2, 0) is 6.54 Å². The zero-order chi connectivity index (χ0) is 13.0. The van der Waals surface area contributed by atoms with Crippen LogP contribution in [0.4, 0.5) is 4.79 Å². The van der Waals surface area contributed by atoms with Gasteiger partial charge >= 0.3 is 6.03 Å². The van der Waals surface area contributed by atoms with Gasteiger partial charge in [0.25, 0.3) is 0 Å². The van der Waals surface area contributed by atoms with Crippen molar-refractivity contribution >= 4 is 17.4 Å². The fourth-order valence-electron chi connectivity index (χ4n) is 2.39. The Balaban J connectivity index is 1.74. The summed E-state index contributed by atoms with van der Waals surface area (Å²) in [6, 6.07) is 2.51. The Morgan fingerprint density at radius 3 is 2.67 bits per heavy atom. The average molecular weight is 266 g/mol. The third-order valence-corrected chi connectivity index (χ3v) is 4.73. The Bertz CT molecular complexity index is 388. The predicted molar refractivity (Wildman–Crippen MR) is 76.0 cm³/mol. The van der Waals surface area contributed by atoms with Crippen LogP contribution in [-0.4, -0.2) is 12.1 Å². The lowest BCUT2D eigenvalue weighted by molar-refractivity contribution is 0.232. The van der Waals surface area contributed by atoms with Gasteiger partial charge in [-0.3, -0.25) is 0 Å². The van der Waals surface area contributed by atoms with Crippen LogP contribution in [0.1, 0.15) is 47.4 Å². The van der Waals surface area contributed by atoms with E-state index in [1.54, 1.807) is 11.3 Å². The van der Waals surface area contributed by atoms with Crippen molar-refractivity contribution in [3.63, 3.8) is 0 Å². The van der Waals surface area contributed by atoms with Crippen LogP contribution in [0.2, 0.25) is 0 Å². The number of rotatable bonds is 3. The molecule has 0 aliphatic heterocycles. The molecule has 2 amide bonds. The third-order valence-electron chi connectivity index (χ3n) is 3.58. The van der Waals surface area contributed by atoms with E-state index in [2.05, 4.69) is 30.5 Å². The van der Waals surface area contributed by atoms with Gasteiger partial charge in [-0.2, -0.15) is 0 Å². The summed E-state index contributed by atoms with van der Waals surface area (Å²) in [6.07, 6.45) is 6.06. The van der Waals surface area contributed by atoms with Gasteiger partial charge in [-0.05, 0) is 38.3 Å². The SMILES string of the molecule is Cc1cc(CNC(=O)NC2CCCCC2)sc1C. The lowest BCUT2D eigenvalue weighted by Crippen LogP contribution is -2.42. The van der Waals surface area contributed by atoms with Gasteiger partial charge in [0.15, 0.2) is 0 Å². The molecular weight excluding hydrogens is 244 g/mol. The highest BCUT2D eigenvalue weighted by Gasteiger charge is 2.15. The molecule has 0 unspecified atom stereocenters. The number of hydrogen-bond acceptors (Lipinski definition) is 2. The molecule has 100 valence electrons. The highest BCUT2D eigenvalue weighted by atomic mass is 32.1. The van der Waals surface area contributed by atoms with Crippen LogP contribution in [0.25, 0.3) is 0 Å². The predicted octanol–water partition coefficient (Wildman–Crippen LogP) is 3.50. The highest BCUT2D eigenvalue weighted by molar-refractivity contribution is 7.12. The number of urea groups is 1. The maximum absolute atomic E-state index is 11.8. The van der Waals surface area contributed by atoms with Crippen molar-refractivity contribution in [2.75, 3.05) is 0 Å². The van der Waals surface area contributed by atoms with Crippen LogP contribution in [0.5, 0.6) is 0 Å². The lowest BCUT2D eigenvalue weighted by Gasteiger charge is -2.22. The van der Waals surface area contributed by atoms with Crippen molar-refractivity contribution in [2.45, 2.75) is 58.5 Å². The summed E-state index contributed by atoms with van der Waals surface area (Å²) >= 11 is 1.76. The van der Waals surface area contributed by atoms with Gasteiger partial charge in [0.05, 0.1) is 6.54 Å². The monoisotopic (exact) mass is 266 g/mol. The maximum atomic E-state index is 11.8. The maximum Gasteiger partial charge on any atom is 0.315 e. The molecule has 1 aliphatic rings. The minimum atomic E-state index is -0.0226. The number of hydrogen-bond donors (Lipinski definition) is 2. The van der Waals surface area contributed by atoms with Crippen molar-refractivity contribution in [2.24, 2.45) is 0 Å². The zero-order valence-electron chi connectivity index (χ0n) is 11.2. The van der Waals surface area contributed by atoms with E-state index in [-0.39, 0.29) is 6.03 Å². The molecule has 3 nitrogen and oxygen atoms in total. The first kappa shape index (κ1) is 13.4. The number of nitrogens with one attached hydrogen (secondary N) is 2. The molecule has 1 heterocycles. The van der Waals surface area contributed by atoms with E-state index in [0.717, 1.165) is 12.8 Å². The smallest absolute Gasteiger partial charge is 0.315 e. The molecule has 1 fully saturated rings. The van der Waals surface area contributed by atoms with Gasteiger partial charge in [-0.15, -0.1) is 11.3 Å². The first-order valence-electron chi connectivity index (χ1n) is 6.75. The Labute approximate surface area is 113 Å². The largest absolute Gasteiger partial charge is 0.335 e. The summed E-state index contributed by atoms with van der Waals surface area (Å²) in [5, 5.41) is 6.01. The molecule has 0 aromatic carbocycles. The van der Waals surface area contributed by atoms with E-state index in [9.17, 15) is 4.79 Å². The molecular formula is C14H22N2OS. The van der Waals surface area contributed by atoms with Gasteiger partial charge in [0, 0.05) is 15.8 Å². The molecule has 0 spiro atoms. The molecule has 0 radical (unpaired) electrons. The summed E-state index contributed by atoms with van der Waals surface area (Å²) in [4.78, 5) is 14.3. The normalized spacial score (nSPS) is 16.6. The Morgan fingerprint density at radius 1 is 1.33 bits per heavy atom. The van der Waals surface area contributed by atoms with Crippen LogP contribution in [0.3, 0.4) is 0 Å². The van der Waals surface area contributed by atoms with Crippen molar-refractivity contribution < 1.29 is 4.79 Å². The number of carbonyl (C=O) groups is 1. The average Bonchev–Trinajstić information content (AvgIpc) is 2.68. The van der Waals surface area contributed by atoms with Gasteiger partial charge in [-0.25, -0.2) is 4.79 Å². The van der Waals surface area contributed by atoms with Crippen molar-refractivity contribution in [3.8, 4) is 0 Å². The van der Waals surface area contributed by atoms with Gasteiger partial charge in [-0.1, -0.05) is 19.3 Å². The number of carbonyl (C=O) groups excluding carboxylic acids is 1. The molecule has 2 N–H and O–H groups in total.